The summed E-state index contributed by atoms with van der Waals surface area (Å²) in [7, 11) is 0. The van der Waals surface area contributed by atoms with Crippen LogP contribution < -0.4 is 10.5 Å². The van der Waals surface area contributed by atoms with Crippen LogP contribution in [0.25, 0.3) is 0 Å². The molecule has 2 N–H and O–H groups in total. The Hall–Kier alpha value is -2.62. The predicted molar refractivity (Wildman–Crippen MR) is 118 cm³/mol. The first-order chi connectivity index (χ1) is 15.0. The Morgan fingerprint density at radius 1 is 1.13 bits per heavy atom. The normalized spacial score (nSPS) is 20.6. The molecule has 2 amide bonds. The first-order valence-electron chi connectivity index (χ1n) is 9.77. The highest BCUT2D eigenvalue weighted by atomic mass is 35.5. The van der Waals surface area contributed by atoms with Crippen molar-refractivity contribution in [1.82, 2.24) is 15.4 Å². The lowest BCUT2D eigenvalue weighted by molar-refractivity contribution is 0.0442. The third-order valence-corrected chi connectivity index (χ3v) is 5.88. The number of hydrazine groups is 2. The van der Waals surface area contributed by atoms with E-state index in [1.54, 1.807) is 34.3 Å². The van der Waals surface area contributed by atoms with E-state index in [-0.39, 0.29) is 6.03 Å². The van der Waals surface area contributed by atoms with Crippen LogP contribution in [-0.4, -0.2) is 59.3 Å². The van der Waals surface area contributed by atoms with E-state index in [4.69, 9.17) is 27.9 Å². The maximum absolute atomic E-state index is 12.9. The number of halogens is 2. The van der Waals surface area contributed by atoms with Gasteiger partial charge in [0, 0.05) is 34.3 Å². The Morgan fingerprint density at radius 3 is 2.68 bits per heavy atom. The van der Waals surface area contributed by atoms with Crippen molar-refractivity contribution in [2.75, 3.05) is 31.3 Å². The summed E-state index contributed by atoms with van der Waals surface area (Å²) in [6.45, 7) is 2.00. The second kappa shape index (κ2) is 8.14. The number of carbonyl (C=O) groups is 1. The zero-order valence-corrected chi connectivity index (χ0v) is 17.8. The number of rotatable bonds is 1. The van der Waals surface area contributed by atoms with Crippen molar-refractivity contribution >= 4 is 40.6 Å². The first-order valence-corrected chi connectivity index (χ1v) is 10.5. The number of benzene rings is 2. The van der Waals surface area contributed by atoms with Gasteiger partial charge in [0.05, 0.1) is 30.8 Å². The van der Waals surface area contributed by atoms with Gasteiger partial charge in [-0.2, -0.15) is 0 Å². The number of hydrogen-bond acceptors (Lipinski definition) is 6. The van der Waals surface area contributed by atoms with Crippen LogP contribution >= 0.6 is 23.2 Å². The molecule has 8 nitrogen and oxygen atoms in total. The highest BCUT2D eigenvalue weighted by molar-refractivity contribution is 6.36. The summed E-state index contributed by atoms with van der Waals surface area (Å²) < 4.78 is 5.32. The fourth-order valence-corrected chi connectivity index (χ4v) is 4.18. The van der Waals surface area contributed by atoms with Gasteiger partial charge in [-0.25, -0.2) is 14.8 Å². The number of aliphatic hydroxyl groups excluding tert-OH is 1. The zero-order chi connectivity index (χ0) is 21.5. The number of amides is 2. The van der Waals surface area contributed by atoms with E-state index in [2.05, 4.69) is 10.5 Å². The second-order valence-corrected chi connectivity index (χ2v) is 8.08. The van der Waals surface area contributed by atoms with Gasteiger partial charge in [-0.3, -0.25) is 5.01 Å². The van der Waals surface area contributed by atoms with E-state index in [0.717, 1.165) is 0 Å². The van der Waals surface area contributed by atoms with E-state index in [1.165, 1.54) is 5.01 Å². The summed E-state index contributed by atoms with van der Waals surface area (Å²) in [6, 6.07) is 12.4. The number of carbonyl (C=O) groups excluding carboxylic acids is 1. The number of aliphatic imine (C=N–C) groups is 1. The van der Waals surface area contributed by atoms with E-state index < -0.39 is 6.23 Å². The summed E-state index contributed by atoms with van der Waals surface area (Å²) in [5, 5.41) is 15.0. The molecule has 3 heterocycles. The van der Waals surface area contributed by atoms with Crippen LogP contribution in [0.4, 0.5) is 10.5 Å². The predicted octanol–water partition coefficient (Wildman–Crippen LogP) is 3.00. The van der Waals surface area contributed by atoms with Crippen LogP contribution in [0.1, 0.15) is 11.1 Å². The Bertz CT molecular complexity index is 1100. The Labute approximate surface area is 188 Å². The molecule has 31 heavy (non-hydrogen) atoms. The summed E-state index contributed by atoms with van der Waals surface area (Å²) in [6.07, 6.45) is 0.326. The average Bonchev–Trinajstić information content (AvgIpc) is 3.19. The molecule has 160 valence electrons. The van der Waals surface area contributed by atoms with E-state index in [0.29, 0.717) is 64.6 Å². The third kappa shape index (κ3) is 3.66. The van der Waals surface area contributed by atoms with Gasteiger partial charge < -0.3 is 14.7 Å². The Morgan fingerprint density at radius 2 is 1.90 bits per heavy atom. The fraction of sp³-hybridized carbons (Fsp3) is 0.238. The molecule has 0 spiro atoms. The number of nitrogens with zero attached hydrogens (tertiary/aromatic N) is 4. The third-order valence-electron chi connectivity index (χ3n) is 5.31. The smallest absolute Gasteiger partial charge is 0.340 e. The number of anilines is 1. The van der Waals surface area contributed by atoms with Crippen molar-refractivity contribution in [1.29, 1.82) is 0 Å². The molecule has 1 fully saturated rings. The zero-order valence-electron chi connectivity index (χ0n) is 16.3. The van der Waals surface area contributed by atoms with Crippen molar-refractivity contribution in [2.45, 2.75) is 6.23 Å². The van der Waals surface area contributed by atoms with Gasteiger partial charge in [0.1, 0.15) is 5.70 Å². The standard InChI is InChI=1S/C21H19Cl2N5O3/c22-13-5-6-17-15(11-13)19(14-3-1-2-4-16(14)23)24-20(29)18-12-27(25-28(17)18)21(30)26-7-9-31-10-8-26/h1-6,11-12,20,25,29H,7-10H2. The van der Waals surface area contributed by atoms with E-state index in [9.17, 15) is 9.90 Å². The van der Waals surface area contributed by atoms with Crippen LogP contribution in [0.3, 0.4) is 0 Å². The van der Waals surface area contributed by atoms with Gasteiger partial charge in [0.2, 0.25) is 0 Å². The number of morpholine rings is 1. The number of hydrogen-bond donors (Lipinski definition) is 2. The maximum Gasteiger partial charge on any atom is 0.340 e. The van der Waals surface area contributed by atoms with Crippen molar-refractivity contribution in [3.05, 3.63) is 75.5 Å². The van der Waals surface area contributed by atoms with Gasteiger partial charge in [0.15, 0.2) is 6.23 Å². The minimum Gasteiger partial charge on any atom is -0.378 e. The summed E-state index contributed by atoms with van der Waals surface area (Å²) in [5.74, 6) is 0. The average molecular weight is 460 g/mol. The first kappa shape index (κ1) is 20.3. The molecule has 1 atom stereocenters. The van der Waals surface area contributed by atoms with Crippen LogP contribution in [0.5, 0.6) is 0 Å². The molecular weight excluding hydrogens is 441 g/mol. The van der Waals surface area contributed by atoms with Gasteiger partial charge >= 0.3 is 6.03 Å². The molecule has 0 aliphatic carbocycles. The van der Waals surface area contributed by atoms with Crippen molar-refractivity contribution < 1.29 is 14.6 Å². The lowest BCUT2D eigenvalue weighted by Crippen LogP contribution is -2.52. The Balaban J connectivity index is 1.58. The van der Waals surface area contributed by atoms with Crippen molar-refractivity contribution in [3.8, 4) is 0 Å². The molecule has 3 aliphatic heterocycles. The molecule has 2 aromatic carbocycles. The fourth-order valence-electron chi connectivity index (χ4n) is 3.78. The summed E-state index contributed by atoms with van der Waals surface area (Å²) >= 11 is 12.7. The van der Waals surface area contributed by atoms with Gasteiger partial charge in [-0.05, 0) is 24.3 Å². The van der Waals surface area contributed by atoms with Crippen LogP contribution in [0.2, 0.25) is 10.0 Å². The molecule has 0 saturated carbocycles. The van der Waals surface area contributed by atoms with Gasteiger partial charge in [-0.1, -0.05) is 41.4 Å². The van der Waals surface area contributed by atoms with Gasteiger partial charge in [0.25, 0.3) is 0 Å². The largest absolute Gasteiger partial charge is 0.378 e. The molecule has 10 heteroatoms. The van der Waals surface area contributed by atoms with Crippen LogP contribution in [-0.2, 0) is 4.74 Å². The summed E-state index contributed by atoms with van der Waals surface area (Å²) in [4.78, 5) is 19.2. The molecule has 0 radical (unpaired) electrons. The van der Waals surface area contributed by atoms with Crippen molar-refractivity contribution in [2.24, 2.45) is 4.99 Å². The number of ether oxygens (including phenoxy) is 1. The SMILES string of the molecule is O=C(N1CCOCC1)N1C=C2C(O)N=C(c3ccccc3Cl)c3cc(Cl)ccc3N2N1. The maximum atomic E-state index is 12.9. The molecule has 2 aromatic rings. The monoisotopic (exact) mass is 459 g/mol. The molecule has 3 aliphatic rings. The molecule has 0 aromatic heterocycles. The number of aliphatic hydroxyl groups is 1. The van der Waals surface area contributed by atoms with Gasteiger partial charge in [-0.15, -0.1) is 5.53 Å². The Kier molecular flexibility index (Phi) is 5.33. The molecular formula is C21H19Cl2N5O3. The quantitative estimate of drug-likeness (QED) is 0.684. The highest BCUT2D eigenvalue weighted by Gasteiger charge is 2.37. The second-order valence-electron chi connectivity index (χ2n) is 7.23. The minimum absolute atomic E-state index is 0.234. The van der Waals surface area contributed by atoms with Crippen LogP contribution in [0, 0.1) is 0 Å². The highest BCUT2D eigenvalue weighted by Crippen LogP contribution is 2.36. The van der Waals surface area contributed by atoms with Crippen molar-refractivity contribution in [3.63, 3.8) is 0 Å². The molecule has 1 unspecified atom stereocenters. The topological polar surface area (TPSA) is 80.6 Å². The van der Waals surface area contributed by atoms with E-state index >= 15 is 0 Å². The van der Waals surface area contributed by atoms with E-state index in [1.807, 2.05) is 24.3 Å². The number of urea groups is 1. The molecule has 1 saturated heterocycles. The number of fused-ring (bicyclic) bond motifs is 3. The van der Waals surface area contributed by atoms with Crippen LogP contribution in [0.15, 0.2) is 59.4 Å². The molecule has 0 bridgehead atoms. The number of nitrogens with one attached hydrogen (secondary N) is 1. The lowest BCUT2D eigenvalue weighted by Gasteiger charge is -2.31. The molecule has 5 rings (SSSR count). The summed E-state index contributed by atoms with van der Waals surface area (Å²) in [5.41, 5.74) is 6.01. The lowest BCUT2D eigenvalue weighted by atomic mass is 10.0. The minimum atomic E-state index is -1.23.